The van der Waals surface area contributed by atoms with Crippen molar-refractivity contribution in [3.05, 3.63) is 29.7 Å². The average Bonchev–Trinajstić information content (AvgIpc) is 2.99. The summed E-state index contributed by atoms with van der Waals surface area (Å²) in [6, 6.07) is 3.23. The van der Waals surface area contributed by atoms with Gasteiger partial charge < -0.3 is 5.11 Å². The molecule has 1 N–H and O–H groups in total. The first-order valence-corrected chi connectivity index (χ1v) is 6.03. The van der Waals surface area contributed by atoms with Crippen molar-refractivity contribution in [1.29, 1.82) is 0 Å². The van der Waals surface area contributed by atoms with E-state index >= 15 is 0 Å². The molecule has 1 aliphatic rings. The van der Waals surface area contributed by atoms with Gasteiger partial charge in [0.1, 0.15) is 0 Å². The van der Waals surface area contributed by atoms with E-state index < -0.39 is 5.97 Å². The van der Waals surface area contributed by atoms with Crippen molar-refractivity contribution in [1.82, 2.24) is 19.5 Å². The summed E-state index contributed by atoms with van der Waals surface area (Å²) in [7, 11) is 0. The van der Waals surface area contributed by atoms with E-state index in [0.717, 1.165) is 25.5 Å². The topological polar surface area (TPSA) is 70.7 Å². The number of fused-ring (bicyclic) bond motifs is 1. The van der Waals surface area contributed by atoms with Gasteiger partial charge in [0.15, 0.2) is 11.5 Å². The predicted molar refractivity (Wildman–Crippen MR) is 64.5 cm³/mol. The fraction of sp³-hybridized carbons (Fsp3) is 0.417. The quantitative estimate of drug-likeness (QED) is 0.875. The van der Waals surface area contributed by atoms with Crippen LogP contribution in [-0.2, 0) is 6.54 Å². The third-order valence-electron chi connectivity index (χ3n) is 3.28. The van der Waals surface area contributed by atoms with Gasteiger partial charge in [0, 0.05) is 6.20 Å². The Morgan fingerprint density at radius 3 is 2.78 bits per heavy atom. The third kappa shape index (κ3) is 1.95. The van der Waals surface area contributed by atoms with Gasteiger partial charge in [-0.3, -0.25) is 9.30 Å². The highest BCUT2D eigenvalue weighted by atomic mass is 16.4. The normalized spacial score (nSPS) is 16.4. The SMILES string of the molecule is O=C(O)c1ccc2nnc(CN3CCCC3)n2c1. The molecule has 0 radical (unpaired) electrons. The Labute approximate surface area is 104 Å². The molecule has 2 aromatic heterocycles. The van der Waals surface area contributed by atoms with E-state index in [1.54, 1.807) is 22.7 Å². The maximum atomic E-state index is 11.0. The van der Waals surface area contributed by atoms with Crippen molar-refractivity contribution in [3.63, 3.8) is 0 Å². The Hall–Kier alpha value is -1.95. The van der Waals surface area contributed by atoms with Gasteiger partial charge in [-0.05, 0) is 38.1 Å². The summed E-state index contributed by atoms with van der Waals surface area (Å²) in [4.78, 5) is 13.3. The van der Waals surface area contributed by atoms with Crippen molar-refractivity contribution < 1.29 is 9.90 Å². The first kappa shape index (κ1) is 11.2. The molecular weight excluding hydrogens is 232 g/mol. The minimum atomic E-state index is -0.933. The van der Waals surface area contributed by atoms with Crippen molar-refractivity contribution in [3.8, 4) is 0 Å². The zero-order valence-electron chi connectivity index (χ0n) is 9.91. The molecule has 6 nitrogen and oxygen atoms in total. The molecule has 0 aliphatic carbocycles. The highest BCUT2D eigenvalue weighted by molar-refractivity contribution is 5.87. The molecule has 0 amide bonds. The van der Waals surface area contributed by atoms with Crippen LogP contribution < -0.4 is 0 Å². The van der Waals surface area contributed by atoms with E-state index in [0.29, 0.717) is 5.65 Å². The van der Waals surface area contributed by atoms with Crippen molar-refractivity contribution in [2.45, 2.75) is 19.4 Å². The van der Waals surface area contributed by atoms with E-state index in [1.165, 1.54) is 12.8 Å². The minimum Gasteiger partial charge on any atom is -0.478 e. The second-order valence-corrected chi connectivity index (χ2v) is 4.55. The minimum absolute atomic E-state index is 0.255. The number of aromatic nitrogens is 3. The molecule has 1 fully saturated rings. The molecular formula is C12H14N4O2. The number of hydrogen-bond acceptors (Lipinski definition) is 4. The van der Waals surface area contributed by atoms with Crippen LogP contribution in [0.25, 0.3) is 5.65 Å². The fourth-order valence-corrected chi connectivity index (χ4v) is 2.31. The first-order chi connectivity index (χ1) is 8.74. The number of rotatable bonds is 3. The van der Waals surface area contributed by atoms with E-state index in [-0.39, 0.29) is 5.56 Å². The van der Waals surface area contributed by atoms with Gasteiger partial charge >= 0.3 is 5.97 Å². The zero-order chi connectivity index (χ0) is 12.5. The second-order valence-electron chi connectivity index (χ2n) is 4.55. The number of carboxylic acids is 1. The molecule has 3 rings (SSSR count). The van der Waals surface area contributed by atoms with Gasteiger partial charge in [-0.25, -0.2) is 4.79 Å². The van der Waals surface area contributed by atoms with Crippen LogP contribution in [0.15, 0.2) is 18.3 Å². The summed E-state index contributed by atoms with van der Waals surface area (Å²) in [5, 5.41) is 17.2. The van der Waals surface area contributed by atoms with Crippen LogP contribution in [0.4, 0.5) is 0 Å². The Bertz CT molecular complexity index is 587. The maximum Gasteiger partial charge on any atom is 0.337 e. The zero-order valence-corrected chi connectivity index (χ0v) is 9.91. The summed E-state index contributed by atoms with van der Waals surface area (Å²) < 4.78 is 1.77. The summed E-state index contributed by atoms with van der Waals surface area (Å²) in [5.41, 5.74) is 0.944. The van der Waals surface area contributed by atoms with E-state index in [1.807, 2.05) is 0 Å². The van der Waals surface area contributed by atoms with Crippen LogP contribution in [-0.4, -0.2) is 43.7 Å². The Kier molecular flexibility index (Phi) is 2.71. The Balaban J connectivity index is 1.95. The second kappa shape index (κ2) is 4.38. The standard InChI is InChI=1S/C12H14N4O2/c17-12(18)9-3-4-10-13-14-11(16(10)7-9)8-15-5-1-2-6-15/h3-4,7H,1-2,5-6,8H2,(H,17,18). The van der Waals surface area contributed by atoms with Gasteiger partial charge in [-0.1, -0.05) is 0 Å². The third-order valence-corrected chi connectivity index (χ3v) is 3.28. The lowest BCUT2D eigenvalue weighted by Crippen LogP contribution is -2.20. The maximum absolute atomic E-state index is 11.0. The van der Waals surface area contributed by atoms with E-state index in [9.17, 15) is 4.79 Å². The largest absolute Gasteiger partial charge is 0.478 e. The monoisotopic (exact) mass is 246 g/mol. The van der Waals surface area contributed by atoms with Gasteiger partial charge in [-0.2, -0.15) is 0 Å². The summed E-state index contributed by atoms with van der Waals surface area (Å²) in [6.45, 7) is 2.88. The lowest BCUT2D eigenvalue weighted by atomic mass is 10.3. The molecule has 94 valence electrons. The van der Waals surface area contributed by atoms with Crippen molar-refractivity contribution >= 4 is 11.6 Å². The lowest BCUT2D eigenvalue weighted by Gasteiger charge is -2.12. The number of hydrogen-bond donors (Lipinski definition) is 1. The number of carbonyl (C=O) groups is 1. The Morgan fingerprint density at radius 2 is 2.06 bits per heavy atom. The molecule has 0 unspecified atom stereocenters. The van der Waals surface area contributed by atoms with Crippen LogP contribution >= 0.6 is 0 Å². The smallest absolute Gasteiger partial charge is 0.337 e. The van der Waals surface area contributed by atoms with Crippen LogP contribution in [0.2, 0.25) is 0 Å². The van der Waals surface area contributed by atoms with Gasteiger partial charge in [-0.15, -0.1) is 10.2 Å². The number of likely N-dealkylation sites (tertiary alicyclic amines) is 1. The molecule has 2 aromatic rings. The van der Waals surface area contributed by atoms with Crippen molar-refractivity contribution in [2.75, 3.05) is 13.1 Å². The predicted octanol–water partition coefficient (Wildman–Crippen LogP) is 1.02. The molecule has 0 bridgehead atoms. The molecule has 0 aromatic carbocycles. The van der Waals surface area contributed by atoms with Gasteiger partial charge in [0.2, 0.25) is 0 Å². The van der Waals surface area contributed by atoms with Crippen LogP contribution in [0, 0.1) is 0 Å². The van der Waals surface area contributed by atoms with Crippen LogP contribution in [0.1, 0.15) is 29.0 Å². The van der Waals surface area contributed by atoms with Crippen LogP contribution in [0.5, 0.6) is 0 Å². The molecule has 1 aliphatic heterocycles. The van der Waals surface area contributed by atoms with Gasteiger partial charge in [0.05, 0.1) is 12.1 Å². The molecule has 1 saturated heterocycles. The first-order valence-electron chi connectivity index (χ1n) is 6.03. The number of carboxylic acid groups (broad SMARTS) is 1. The summed E-state index contributed by atoms with van der Waals surface area (Å²) in [5.74, 6) is -0.132. The molecule has 0 atom stereocenters. The average molecular weight is 246 g/mol. The number of pyridine rings is 1. The van der Waals surface area contributed by atoms with Crippen molar-refractivity contribution in [2.24, 2.45) is 0 Å². The number of aromatic carboxylic acids is 1. The number of nitrogens with zero attached hydrogens (tertiary/aromatic N) is 4. The molecule has 18 heavy (non-hydrogen) atoms. The molecule has 0 saturated carbocycles. The van der Waals surface area contributed by atoms with Gasteiger partial charge in [0.25, 0.3) is 0 Å². The highest BCUT2D eigenvalue weighted by Crippen LogP contribution is 2.13. The fourth-order valence-electron chi connectivity index (χ4n) is 2.31. The molecule has 6 heteroatoms. The highest BCUT2D eigenvalue weighted by Gasteiger charge is 2.16. The molecule has 3 heterocycles. The molecule has 0 spiro atoms. The van der Waals surface area contributed by atoms with Crippen LogP contribution in [0.3, 0.4) is 0 Å². The summed E-state index contributed by atoms with van der Waals surface area (Å²) >= 11 is 0. The van der Waals surface area contributed by atoms with E-state index in [2.05, 4.69) is 15.1 Å². The van der Waals surface area contributed by atoms with E-state index in [4.69, 9.17) is 5.11 Å². The Morgan fingerprint density at radius 1 is 1.28 bits per heavy atom. The lowest BCUT2D eigenvalue weighted by molar-refractivity contribution is 0.0696. The summed E-state index contributed by atoms with van der Waals surface area (Å²) in [6.07, 6.45) is 4.03.